The number of benzene rings is 2. The lowest BCUT2D eigenvalue weighted by molar-refractivity contribution is -0.114. The largest absolute Gasteiger partial charge is 0.461 e. The van der Waals surface area contributed by atoms with Crippen LogP contribution in [0.5, 0.6) is 0 Å². The number of rotatable bonds is 3. The zero-order chi connectivity index (χ0) is 14.8. The molecule has 21 heavy (non-hydrogen) atoms. The molecular weight excluding hydrogens is 266 g/mol. The van der Waals surface area contributed by atoms with Crippen molar-refractivity contribution in [3.8, 4) is 0 Å². The van der Waals surface area contributed by atoms with Gasteiger partial charge in [0.25, 0.3) is 0 Å². The molecule has 1 atom stereocenters. The molecule has 4 heteroatoms. The van der Waals surface area contributed by atoms with Crippen LogP contribution in [0.4, 0.5) is 5.69 Å². The number of fused-ring (bicyclic) bond motifs is 1. The first-order chi connectivity index (χ1) is 10.2. The Labute approximate surface area is 122 Å². The highest BCUT2D eigenvalue weighted by Gasteiger charge is 2.23. The molecule has 0 aliphatic carbocycles. The van der Waals surface area contributed by atoms with Gasteiger partial charge < -0.3 is 4.74 Å². The van der Waals surface area contributed by atoms with Crippen molar-refractivity contribution < 1.29 is 14.3 Å². The van der Waals surface area contributed by atoms with Crippen molar-refractivity contribution in [3.05, 3.63) is 65.2 Å². The first-order valence-corrected chi connectivity index (χ1v) is 6.60. The van der Waals surface area contributed by atoms with E-state index in [4.69, 9.17) is 4.74 Å². The Morgan fingerprint density at radius 1 is 1.14 bits per heavy atom. The quantitative estimate of drug-likeness (QED) is 0.640. The van der Waals surface area contributed by atoms with Crippen molar-refractivity contribution in [2.45, 2.75) is 13.0 Å². The van der Waals surface area contributed by atoms with E-state index in [0.717, 1.165) is 23.1 Å². The maximum atomic E-state index is 11.3. The molecule has 4 nitrogen and oxygen atoms in total. The number of hydrogen-bond acceptors (Lipinski definition) is 4. The summed E-state index contributed by atoms with van der Waals surface area (Å²) in [6.45, 7) is 1.52. The molecular formula is C17H13NO3. The number of ketones is 1. The standard InChI is InChI=1S/C17H13NO3/c1-11(20)12-6-8-13(9-7-12)17-18-15-5-3-2-4-14(15)16(10-19)21-17/h2-10,16H,1H3. The molecule has 0 aromatic heterocycles. The van der Waals surface area contributed by atoms with Gasteiger partial charge in [0.05, 0.1) is 5.69 Å². The lowest BCUT2D eigenvalue weighted by Crippen LogP contribution is -2.17. The second-order valence-electron chi connectivity index (χ2n) is 4.78. The van der Waals surface area contributed by atoms with E-state index >= 15 is 0 Å². The van der Waals surface area contributed by atoms with Crippen LogP contribution in [0.2, 0.25) is 0 Å². The van der Waals surface area contributed by atoms with Crippen LogP contribution in [0, 0.1) is 0 Å². The number of para-hydroxylation sites is 1. The van der Waals surface area contributed by atoms with Crippen LogP contribution in [-0.2, 0) is 9.53 Å². The second kappa shape index (κ2) is 5.32. The van der Waals surface area contributed by atoms with Gasteiger partial charge >= 0.3 is 0 Å². The van der Waals surface area contributed by atoms with Gasteiger partial charge in [-0.3, -0.25) is 9.59 Å². The van der Waals surface area contributed by atoms with E-state index in [1.54, 1.807) is 24.3 Å². The Hall–Kier alpha value is -2.75. The summed E-state index contributed by atoms with van der Waals surface area (Å²) < 4.78 is 5.65. The summed E-state index contributed by atoms with van der Waals surface area (Å²) in [5.41, 5.74) is 2.85. The molecule has 0 saturated heterocycles. The molecule has 0 N–H and O–H groups in total. The molecule has 1 unspecified atom stereocenters. The number of Topliss-reactive ketones (excluding diaryl/α,β-unsaturated/α-hetero) is 1. The van der Waals surface area contributed by atoms with Crippen molar-refractivity contribution in [3.63, 3.8) is 0 Å². The van der Waals surface area contributed by atoms with Crippen LogP contribution in [0.15, 0.2) is 53.5 Å². The van der Waals surface area contributed by atoms with Crippen LogP contribution in [0.1, 0.15) is 34.5 Å². The molecule has 2 aromatic carbocycles. The molecule has 0 spiro atoms. The van der Waals surface area contributed by atoms with Crippen LogP contribution in [0.3, 0.4) is 0 Å². The first kappa shape index (κ1) is 13.2. The normalized spacial score (nSPS) is 16.4. The number of hydrogen-bond donors (Lipinski definition) is 0. The summed E-state index contributed by atoms with van der Waals surface area (Å²) >= 11 is 0. The third-order valence-electron chi connectivity index (χ3n) is 3.37. The average molecular weight is 279 g/mol. The van der Waals surface area contributed by atoms with E-state index in [0.29, 0.717) is 11.5 Å². The third-order valence-corrected chi connectivity index (χ3v) is 3.37. The van der Waals surface area contributed by atoms with Gasteiger partial charge in [0, 0.05) is 16.7 Å². The Morgan fingerprint density at radius 2 is 1.86 bits per heavy atom. The highest BCUT2D eigenvalue weighted by atomic mass is 16.5. The van der Waals surface area contributed by atoms with Crippen molar-refractivity contribution in [1.82, 2.24) is 0 Å². The van der Waals surface area contributed by atoms with Gasteiger partial charge in [0.15, 0.2) is 18.2 Å². The number of carbonyl (C=O) groups is 2. The van der Waals surface area contributed by atoms with E-state index in [2.05, 4.69) is 4.99 Å². The molecule has 104 valence electrons. The Kier molecular flexibility index (Phi) is 3.36. The minimum atomic E-state index is -0.652. The maximum Gasteiger partial charge on any atom is 0.222 e. The number of carbonyl (C=O) groups excluding carboxylic acids is 2. The van der Waals surface area contributed by atoms with E-state index in [1.165, 1.54) is 6.92 Å². The van der Waals surface area contributed by atoms with Gasteiger partial charge in [-0.15, -0.1) is 0 Å². The van der Waals surface area contributed by atoms with E-state index in [1.807, 2.05) is 24.3 Å². The number of nitrogens with zero attached hydrogens (tertiary/aromatic N) is 1. The maximum absolute atomic E-state index is 11.3. The molecule has 2 aromatic rings. The number of ether oxygens (including phenoxy) is 1. The SMILES string of the molecule is CC(=O)c1ccc(C2=Nc3ccccc3C(C=O)O2)cc1. The monoisotopic (exact) mass is 279 g/mol. The Bertz CT molecular complexity index is 732. The van der Waals surface area contributed by atoms with Crippen molar-refractivity contribution in [1.29, 1.82) is 0 Å². The molecule has 1 aliphatic heterocycles. The molecule has 0 fully saturated rings. The fraction of sp³-hybridized carbons (Fsp3) is 0.118. The van der Waals surface area contributed by atoms with Crippen molar-refractivity contribution in [2.75, 3.05) is 0 Å². The second-order valence-corrected chi connectivity index (χ2v) is 4.78. The number of aldehydes is 1. The van der Waals surface area contributed by atoms with Crippen LogP contribution < -0.4 is 0 Å². The van der Waals surface area contributed by atoms with E-state index < -0.39 is 6.10 Å². The highest BCUT2D eigenvalue weighted by Crippen LogP contribution is 2.32. The van der Waals surface area contributed by atoms with Crippen LogP contribution in [-0.4, -0.2) is 18.0 Å². The molecule has 0 bridgehead atoms. The summed E-state index contributed by atoms with van der Waals surface area (Å²) in [6, 6.07) is 14.4. The summed E-state index contributed by atoms with van der Waals surface area (Å²) in [6.07, 6.45) is 0.110. The van der Waals surface area contributed by atoms with Crippen LogP contribution >= 0.6 is 0 Å². The van der Waals surface area contributed by atoms with E-state index in [-0.39, 0.29) is 5.78 Å². The highest BCUT2D eigenvalue weighted by molar-refractivity contribution is 6.00. The zero-order valence-electron chi connectivity index (χ0n) is 11.4. The Morgan fingerprint density at radius 3 is 2.52 bits per heavy atom. The fourth-order valence-corrected chi connectivity index (χ4v) is 2.23. The van der Waals surface area contributed by atoms with Gasteiger partial charge in [0.2, 0.25) is 5.90 Å². The van der Waals surface area contributed by atoms with Crippen molar-refractivity contribution in [2.24, 2.45) is 4.99 Å². The molecule has 1 aliphatic rings. The minimum absolute atomic E-state index is 0.00386. The first-order valence-electron chi connectivity index (χ1n) is 6.60. The predicted molar refractivity (Wildman–Crippen MR) is 79.0 cm³/mol. The topological polar surface area (TPSA) is 55.7 Å². The lowest BCUT2D eigenvalue weighted by Gasteiger charge is -2.22. The van der Waals surface area contributed by atoms with Crippen LogP contribution in [0.25, 0.3) is 0 Å². The molecule has 3 rings (SSSR count). The summed E-state index contributed by atoms with van der Waals surface area (Å²) in [5, 5.41) is 0. The van der Waals surface area contributed by atoms with Gasteiger partial charge in [-0.05, 0) is 25.1 Å². The fourth-order valence-electron chi connectivity index (χ4n) is 2.23. The summed E-state index contributed by atoms with van der Waals surface area (Å²) in [7, 11) is 0. The lowest BCUT2D eigenvalue weighted by atomic mass is 10.1. The molecule has 0 saturated carbocycles. The summed E-state index contributed by atoms with van der Waals surface area (Å²) in [4.78, 5) is 26.9. The van der Waals surface area contributed by atoms with Crippen molar-refractivity contribution >= 4 is 23.7 Å². The third kappa shape index (κ3) is 2.48. The minimum Gasteiger partial charge on any atom is -0.461 e. The predicted octanol–water partition coefficient (Wildman–Crippen LogP) is 3.24. The smallest absolute Gasteiger partial charge is 0.222 e. The Balaban J connectivity index is 2.01. The summed E-state index contributed by atoms with van der Waals surface area (Å²) in [5.74, 6) is 0.394. The van der Waals surface area contributed by atoms with E-state index in [9.17, 15) is 9.59 Å². The van der Waals surface area contributed by atoms with Gasteiger partial charge in [-0.25, -0.2) is 4.99 Å². The van der Waals surface area contributed by atoms with Gasteiger partial charge in [0.1, 0.15) is 0 Å². The van der Waals surface area contributed by atoms with Gasteiger partial charge in [-0.1, -0.05) is 30.3 Å². The average Bonchev–Trinajstić information content (AvgIpc) is 2.53. The molecule has 0 amide bonds. The van der Waals surface area contributed by atoms with Gasteiger partial charge in [-0.2, -0.15) is 0 Å². The molecule has 0 radical (unpaired) electrons. The number of aliphatic imine (C=N–C) groups is 1. The molecule has 1 heterocycles. The zero-order valence-corrected chi connectivity index (χ0v) is 11.4.